The highest BCUT2D eigenvalue weighted by molar-refractivity contribution is 5.85. The van der Waals surface area contributed by atoms with E-state index in [-0.39, 0.29) is 17.9 Å². The lowest BCUT2D eigenvalue weighted by molar-refractivity contribution is -0.136. The standard InChI is InChI=1S/C11H21N3O2/c1-8(15)13-9-5-6-14(7-9)10(16)11(2,3)12-4/h9,12H,5-7H2,1-4H3,(H,13,15). The van der Waals surface area contributed by atoms with E-state index < -0.39 is 5.54 Å². The molecule has 0 aromatic rings. The SMILES string of the molecule is CNC(C)(C)C(=O)N1CCC(NC(C)=O)C1. The second kappa shape index (κ2) is 4.82. The van der Waals surface area contributed by atoms with E-state index in [1.54, 1.807) is 11.9 Å². The average Bonchev–Trinajstić information content (AvgIpc) is 2.64. The van der Waals surface area contributed by atoms with Crippen molar-refractivity contribution in [1.82, 2.24) is 15.5 Å². The topological polar surface area (TPSA) is 61.4 Å². The van der Waals surface area contributed by atoms with Crippen LogP contribution in [-0.2, 0) is 9.59 Å². The van der Waals surface area contributed by atoms with Gasteiger partial charge in [-0.2, -0.15) is 0 Å². The van der Waals surface area contributed by atoms with E-state index in [4.69, 9.17) is 0 Å². The van der Waals surface area contributed by atoms with Gasteiger partial charge in [0.05, 0.1) is 5.54 Å². The van der Waals surface area contributed by atoms with Gasteiger partial charge in [-0.05, 0) is 27.3 Å². The third-order valence-electron chi connectivity index (χ3n) is 3.04. The Morgan fingerprint density at radius 1 is 1.38 bits per heavy atom. The largest absolute Gasteiger partial charge is 0.352 e. The van der Waals surface area contributed by atoms with Crippen molar-refractivity contribution in [1.29, 1.82) is 0 Å². The minimum atomic E-state index is -0.537. The van der Waals surface area contributed by atoms with Gasteiger partial charge in [0.25, 0.3) is 0 Å². The van der Waals surface area contributed by atoms with Crippen molar-refractivity contribution in [2.45, 2.75) is 38.8 Å². The Hall–Kier alpha value is -1.10. The van der Waals surface area contributed by atoms with Gasteiger partial charge in [-0.1, -0.05) is 0 Å². The Morgan fingerprint density at radius 2 is 2.00 bits per heavy atom. The zero-order chi connectivity index (χ0) is 12.3. The summed E-state index contributed by atoms with van der Waals surface area (Å²) in [5, 5.41) is 5.84. The molecule has 0 aromatic heterocycles. The maximum absolute atomic E-state index is 12.1. The summed E-state index contributed by atoms with van der Waals surface area (Å²) in [4.78, 5) is 24.8. The first-order valence-corrected chi connectivity index (χ1v) is 5.62. The van der Waals surface area contributed by atoms with Crippen LogP contribution in [0.4, 0.5) is 0 Å². The van der Waals surface area contributed by atoms with Crippen LogP contribution in [-0.4, -0.2) is 48.4 Å². The summed E-state index contributed by atoms with van der Waals surface area (Å²) in [6, 6.07) is 0.106. The van der Waals surface area contributed by atoms with E-state index in [9.17, 15) is 9.59 Å². The predicted molar refractivity (Wildman–Crippen MR) is 61.9 cm³/mol. The molecule has 0 aromatic carbocycles. The summed E-state index contributed by atoms with van der Waals surface area (Å²) in [6.45, 7) is 6.56. The number of carbonyl (C=O) groups excluding carboxylic acids is 2. The Bertz CT molecular complexity index is 289. The van der Waals surface area contributed by atoms with Crippen molar-refractivity contribution in [2.24, 2.45) is 0 Å². The van der Waals surface area contributed by atoms with E-state index in [2.05, 4.69) is 10.6 Å². The van der Waals surface area contributed by atoms with Gasteiger partial charge in [0.15, 0.2) is 0 Å². The second-order valence-electron chi connectivity index (χ2n) is 4.81. The van der Waals surface area contributed by atoms with Gasteiger partial charge in [0, 0.05) is 26.1 Å². The predicted octanol–water partition coefficient (Wildman–Crippen LogP) is -0.279. The Balaban J connectivity index is 2.53. The molecule has 0 aliphatic carbocycles. The molecule has 2 N–H and O–H groups in total. The van der Waals surface area contributed by atoms with Crippen molar-refractivity contribution in [2.75, 3.05) is 20.1 Å². The zero-order valence-corrected chi connectivity index (χ0v) is 10.5. The number of hydrogen-bond donors (Lipinski definition) is 2. The third-order valence-corrected chi connectivity index (χ3v) is 3.04. The van der Waals surface area contributed by atoms with E-state index in [0.29, 0.717) is 6.54 Å². The van der Waals surface area contributed by atoms with Gasteiger partial charge < -0.3 is 15.5 Å². The van der Waals surface area contributed by atoms with E-state index in [1.807, 2.05) is 13.8 Å². The maximum Gasteiger partial charge on any atom is 0.242 e. The molecule has 0 saturated carbocycles. The molecule has 5 heteroatoms. The quantitative estimate of drug-likeness (QED) is 0.697. The second-order valence-corrected chi connectivity index (χ2v) is 4.81. The van der Waals surface area contributed by atoms with E-state index in [0.717, 1.165) is 13.0 Å². The highest BCUT2D eigenvalue weighted by atomic mass is 16.2. The van der Waals surface area contributed by atoms with Gasteiger partial charge in [0.1, 0.15) is 0 Å². The van der Waals surface area contributed by atoms with E-state index in [1.165, 1.54) is 6.92 Å². The lowest BCUT2D eigenvalue weighted by Gasteiger charge is -2.28. The van der Waals surface area contributed by atoms with Crippen LogP contribution < -0.4 is 10.6 Å². The number of amides is 2. The van der Waals surface area contributed by atoms with Crippen LogP contribution in [0.2, 0.25) is 0 Å². The first-order chi connectivity index (χ1) is 7.36. The Labute approximate surface area is 96.6 Å². The molecule has 1 heterocycles. The molecule has 0 radical (unpaired) electrons. The van der Waals surface area contributed by atoms with Crippen LogP contribution in [0, 0.1) is 0 Å². The van der Waals surface area contributed by atoms with Gasteiger partial charge >= 0.3 is 0 Å². The molecule has 1 saturated heterocycles. The average molecular weight is 227 g/mol. The monoisotopic (exact) mass is 227 g/mol. The molecule has 2 amide bonds. The number of nitrogens with one attached hydrogen (secondary N) is 2. The lowest BCUT2D eigenvalue weighted by atomic mass is 10.0. The molecule has 1 aliphatic heterocycles. The molecule has 1 fully saturated rings. The van der Waals surface area contributed by atoms with Gasteiger partial charge in [-0.3, -0.25) is 9.59 Å². The molecule has 1 atom stereocenters. The summed E-state index contributed by atoms with van der Waals surface area (Å²) < 4.78 is 0. The molecule has 0 bridgehead atoms. The number of likely N-dealkylation sites (tertiary alicyclic amines) is 1. The van der Waals surface area contributed by atoms with Crippen LogP contribution in [0.25, 0.3) is 0 Å². The van der Waals surface area contributed by atoms with Gasteiger partial charge in [-0.25, -0.2) is 0 Å². The van der Waals surface area contributed by atoms with Crippen molar-refractivity contribution in [3.8, 4) is 0 Å². The summed E-state index contributed by atoms with van der Waals surface area (Å²) >= 11 is 0. The maximum atomic E-state index is 12.1. The third kappa shape index (κ3) is 2.95. The molecule has 1 unspecified atom stereocenters. The van der Waals surface area contributed by atoms with Crippen LogP contribution in [0.3, 0.4) is 0 Å². The number of likely N-dealkylation sites (N-methyl/N-ethyl adjacent to an activating group) is 1. The molecular weight excluding hydrogens is 206 g/mol. The van der Waals surface area contributed by atoms with Crippen molar-refractivity contribution in [3.63, 3.8) is 0 Å². The molecule has 0 spiro atoms. The van der Waals surface area contributed by atoms with Gasteiger partial charge in [-0.15, -0.1) is 0 Å². The minimum absolute atomic E-state index is 0.0350. The summed E-state index contributed by atoms with van der Waals surface area (Å²) in [5.74, 6) is 0.0510. The fourth-order valence-electron chi connectivity index (χ4n) is 1.85. The highest BCUT2D eigenvalue weighted by Crippen LogP contribution is 2.15. The van der Waals surface area contributed by atoms with Crippen molar-refractivity contribution < 1.29 is 9.59 Å². The number of hydrogen-bond acceptors (Lipinski definition) is 3. The molecular formula is C11H21N3O2. The van der Waals surface area contributed by atoms with Crippen molar-refractivity contribution in [3.05, 3.63) is 0 Å². The van der Waals surface area contributed by atoms with E-state index >= 15 is 0 Å². The number of carbonyl (C=O) groups is 2. The van der Waals surface area contributed by atoms with Crippen LogP contribution in [0.5, 0.6) is 0 Å². The number of rotatable bonds is 3. The highest BCUT2D eigenvalue weighted by Gasteiger charge is 2.34. The summed E-state index contributed by atoms with van der Waals surface area (Å²) in [6.07, 6.45) is 0.838. The first-order valence-electron chi connectivity index (χ1n) is 5.62. The van der Waals surface area contributed by atoms with Crippen LogP contribution >= 0.6 is 0 Å². The number of nitrogens with zero attached hydrogens (tertiary/aromatic N) is 1. The van der Waals surface area contributed by atoms with Crippen LogP contribution in [0.1, 0.15) is 27.2 Å². The molecule has 5 nitrogen and oxygen atoms in total. The Morgan fingerprint density at radius 3 is 2.50 bits per heavy atom. The van der Waals surface area contributed by atoms with Crippen molar-refractivity contribution >= 4 is 11.8 Å². The molecule has 1 rings (SSSR count). The Kier molecular flexibility index (Phi) is 3.91. The summed E-state index contributed by atoms with van der Waals surface area (Å²) in [5.41, 5.74) is -0.537. The minimum Gasteiger partial charge on any atom is -0.352 e. The normalized spacial score (nSPS) is 21.0. The fraction of sp³-hybridized carbons (Fsp3) is 0.818. The molecule has 16 heavy (non-hydrogen) atoms. The molecule has 1 aliphatic rings. The summed E-state index contributed by atoms with van der Waals surface area (Å²) in [7, 11) is 1.78. The van der Waals surface area contributed by atoms with Crippen LogP contribution in [0.15, 0.2) is 0 Å². The first kappa shape index (κ1) is 13.0. The van der Waals surface area contributed by atoms with Gasteiger partial charge in [0.2, 0.25) is 11.8 Å². The smallest absolute Gasteiger partial charge is 0.242 e. The lowest BCUT2D eigenvalue weighted by Crippen LogP contribution is -2.52. The zero-order valence-electron chi connectivity index (χ0n) is 10.5. The molecule has 92 valence electrons. The fourth-order valence-corrected chi connectivity index (χ4v) is 1.85.